The van der Waals surface area contributed by atoms with Crippen molar-refractivity contribution in [3.63, 3.8) is 0 Å². The fourth-order valence-electron chi connectivity index (χ4n) is 2.94. The number of benzene rings is 2. The van der Waals surface area contributed by atoms with Crippen molar-refractivity contribution in [1.82, 2.24) is 0 Å². The van der Waals surface area contributed by atoms with E-state index < -0.39 is 46.9 Å². The van der Waals surface area contributed by atoms with Crippen LogP contribution in [0.3, 0.4) is 0 Å². The fraction of sp³-hybridized carbons (Fsp3) is 0.211. The second-order valence-electron chi connectivity index (χ2n) is 6.86. The lowest BCUT2D eigenvalue weighted by atomic mass is 10.1. The number of alkyl halides is 5. The van der Waals surface area contributed by atoms with Crippen LogP contribution in [0.25, 0.3) is 10.1 Å². The molecule has 1 aromatic heterocycles. The molecule has 1 amide bonds. The number of amides is 1. The summed E-state index contributed by atoms with van der Waals surface area (Å²) in [6.45, 7) is -0.685. The Morgan fingerprint density at radius 1 is 1.18 bits per heavy atom. The first-order chi connectivity index (χ1) is 15.6. The number of fused-ring (bicyclic) bond motifs is 1. The Hall–Kier alpha value is -2.25. The quantitative estimate of drug-likeness (QED) is 0.244. The van der Waals surface area contributed by atoms with E-state index in [-0.39, 0.29) is 44.0 Å². The van der Waals surface area contributed by atoms with E-state index in [0.717, 1.165) is 24.3 Å². The van der Waals surface area contributed by atoms with Gasteiger partial charge in [0.15, 0.2) is 0 Å². The highest BCUT2D eigenvalue weighted by atomic mass is 79.9. The standard InChI is InChI=1S/C19H14BrF5NO6PS/c1-31-10-3-2-8(12(6-10)18(21,22)23)7-32-13-5-9(17(26)27)4-11-14(20)16(34-15(11)13)19(24,25)33(28,29)30/h2-6H,7H2,1H3,(H2,26,27)(H2,28,29,30). The number of methoxy groups -OCH3 is 1. The summed E-state index contributed by atoms with van der Waals surface area (Å²) in [6.07, 6.45) is -4.76. The number of ether oxygens (including phenoxy) is 2. The van der Waals surface area contributed by atoms with Gasteiger partial charge in [-0.1, -0.05) is 6.07 Å². The Morgan fingerprint density at radius 2 is 1.82 bits per heavy atom. The summed E-state index contributed by atoms with van der Waals surface area (Å²) in [6, 6.07) is 5.27. The van der Waals surface area contributed by atoms with E-state index in [1.165, 1.54) is 13.2 Å². The summed E-state index contributed by atoms with van der Waals surface area (Å²) >= 11 is 3.11. The van der Waals surface area contributed by atoms with E-state index in [9.17, 15) is 31.3 Å². The highest BCUT2D eigenvalue weighted by Gasteiger charge is 2.53. The number of hydrogen-bond acceptors (Lipinski definition) is 5. The molecule has 0 aliphatic rings. The average molecular weight is 590 g/mol. The highest BCUT2D eigenvalue weighted by Crippen LogP contribution is 2.63. The fourth-order valence-corrected chi connectivity index (χ4v) is 5.92. The summed E-state index contributed by atoms with van der Waals surface area (Å²) in [5.74, 6) is -1.33. The Balaban J connectivity index is 2.14. The van der Waals surface area contributed by atoms with Gasteiger partial charge >= 0.3 is 19.4 Å². The van der Waals surface area contributed by atoms with Gasteiger partial charge in [0.05, 0.1) is 17.4 Å². The van der Waals surface area contributed by atoms with Crippen LogP contribution < -0.4 is 15.2 Å². The smallest absolute Gasteiger partial charge is 0.416 e. The molecule has 2 aromatic carbocycles. The molecular weight excluding hydrogens is 576 g/mol. The lowest BCUT2D eigenvalue weighted by Crippen LogP contribution is -2.12. The number of thiophene rings is 1. The molecule has 0 saturated carbocycles. The topological polar surface area (TPSA) is 119 Å². The van der Waals surface area contributed by atoms with Crippen LogP contribution in [0.2, 0.25) is 0 Å². The van der Waals surface area contributed by atoms with E-state index in [1.807, 2.05) is 0 Å². The van der Waals surface area contributed by atoms with Gasteiger partial charge in [0, 0.05) is 21.0 Å². The number of hydrogen-bond donors (Lipinski definition) is 3. The Labute approximate surface area is 200 Å². The van der Waals surface area contributed by atoms with Crippen molar-refractivity contribution in [3.05, 3.63) is 56.4 Å². The molecule has 15 heteroatoms. The predicted molar refractivity (Wildman–Crippen MR) is 116 cm³/mol. The minimum atomic E-state index is -5.94. The number of rotatable bonds is 7. The molecule has 0 saturated heterocycles. The third kappa shape index (κ3) is 4.91. The zero-order valence-electron chi connectivity index (χ0n) is 16.8. The van der Waals surface area contributed by atoms with Crippen LogP contribution >= 0.6 is 34.9 Å². The van der Waals surface area contributed by atoms with Crippen LogP contribution in [0.4, 0.5) is 22.0 Å². The number of carbonyl (C=O) groups excluding carboxylic acids is 1. The SMILES string of the molecule is COc1ccc(COc2cc(C(N)=O)cc3c(Br)c(C(F)(F)P(=O)(O)O)sc23)c(C(F)(F)F)c1. The first kappa shape index (κ1) is 26.4. The first-order valence-electron chi connectivity index (χ1n) is 8.94. The molecule has 0 radical (unpaired) electrons. The van der Waals surface area contributed by atoms with E-state index in [1.54, 1.807) is 0 Å². The molecule has 0 aliphatic carbocycles. The van der Waals surface area contributed by atoms with Crippen LogP contribution in [0, 0.1) is 0 Å². The van der Waals surface area contributed by atoms with Gasteiger partial charge in [-0.2, -0.15) is 22.0 Å². The van der Waals surface area contributed by atoms with Crippen molar-refractivity contribution in [3.8, 4) is 11.5 Å². The molecule has 0 unspecified atom stereocenters. The normalized spacial score (nSPS) is 12.7. The molecule has 3 rings (SSSR count). The van der Waals surface area contributed by atoms with Crippen molar-refractivity contribution in [2.24, 2.45) is 5.73 Å². The lowest BCUT2D eigenvalue weighted by molar-refractivity contribution is -0.138. The first-order valence-corrected chi connectivity index (χ1v) is 12.2. The Morgan fingerprint density at radius 3 is 2.35 bits per heavy atom. The maximum absolute atomic E-state index is 14.4. The van der Waals surface area contributed by atoms with Crippen molar-refractivity contribution >= 4 is 50.9 Å². The second-order valence-corrected chi connectivity index (χ2v) is 10.3. The zero-order chi connectivity index (χ0) is 25.6. The molecule has 34 heavy (non-hydrogen) atoms. The monoisotopic (exact) mass is 589 g/mol. The molecular formula is C19H14BrF5NO6PS. The van der Waals surface area contributed by atoms with Gasteiger partial charge in [-0.05, 0) is 40.2 Å². The maximum Gasteiger partial charge on any atom is 0.416 e. The second kappa shape index (κ2) is 9.08. The number of primary amides is 1. The van der Waals surface area contributed by atoms with E-state index >= 15 is 0 Å². The van der Waals surface area contributed by atoms with Crippen LogP contribution in [0.1, 0.15) is 26.4 Å². The summed E-state index contributed by atoms with van der Waals surface area (Å²) in [7, 11) is -4.75. The average Bonchev–Trinajstić information content (AvgIpc) is 3.07. The molecule has 184 valence electrons. The number of nitrogens with two attached hydrogens (primary N) is 1. The van der Waals surface area contributed by atoms with E-state index in [0.29, 0.717) is 0 Å². The molecule has 0 aliphatic heterocycles. The minimum absolute atomic E-state index is 0.0549. The van der Waals surface area contributed by atoms with Crippen molar-refractivity contribution in [1.29, 1.82) is 0 Å². The van der Waals surface area contributed by atoms with Gasteiger partial charge < -0.3 is 25.0 Å². The van der Waals surface area contributed by atoms with Gasteiger partial charge in [0.25, 0.3) is 0 Å². The summed E-state index contributed by atoms with van der Waals surface area (Å²) < 4.78 is 90.4. The molecule has 0 bridgehead atoms. The van der Waals surface area contributed by atoms with Gasteiger partial charge in [0.2, 0.25) is 5.91 Å². The van der Waals surface area contributed by atoms with Crippen LogP contribution in [-0.4, -0.2) is 22.8 Å². The molecule has 0 atom stereocenters. The molecule has 0 fully saturated rings. The van der Waals surface area contributed by atoms with Gasteiger partial charge in [-0.3, -0.25) is 9.36 Å². The molecule has 1 heterocycles. The summed E-state index contributed by atoms with van der Waals surface area (Å²) in [5.41, 5.74) is -0.921. The third-order valence-corrected chi connectivity index (χ3v) is 8.11. The maximum atomic E-state index is 14.4. The zero-order valence-corrected chi connectivity index (χ0v) is 20.1. The van der Waals surface area contributed by atoms with Crippen molar-refractivity contribution < 1.29 is 50.6 Å². The molecule has 3 aromatic rings. The number of carbonyl (C=O) groups is 1. The molecule has 7 nitrogen and oxygen atoms in total. The summed E-state index contributed by atoms with van der Waals surface area (Å²) in [4.78, 5) is 28.8. The van der Waals surface area contributed by atoms with Crippen LogP contribution in [0.5, 0.6) is 11.5 Å². The Kier molecular flexibility index (Phi) is 7.04. The highest BCUT2D eigenvalue weighted by molar-refractivity contribution is 9.10. The number of halogens is 6. The van der Waals surface area contributed by atoms with E-state index in [2.05, 4.69) is 15.9 Å². The lowest BCUT2D eigenvalue weighted by Gasteiger charge is -2.16. The Bertz CT molecular complexity index is 1320. The minimum Gasteiger partial charge on any atom is -0.497 e. The van der Waals surface area contributed by atoms with Gasteiger partial charge in [0.1, 0.15) is 23.0 Å². The largest absolute Gasteiger partial charge is 0.497 e. The van der Waals surface area contributed by atoms with Crippen LogP contribution in [0.15, 0.2) is 34.8 Å². The van der Waals surface area contributed by atoms with E-state index in [4.69, 9.17) is 25.0 Å². The van der Waals surface area contributed by atoms with Crippen molar-refractivity contribution in [2.45, 2.75) is 18.4 Å². The third-order valence-electron chi connectivity index (χ3n) is 4.62. The van der Waals surface area contributed by atoms with Gasteiger partial charge in [-0.25, -0.2) is 0 Å². The van der Waals surface area contributed by atoms with Crippen molar-refractivity contribution in [2.75, 3.05) is 7.11 Å². The summed E-state index contributed by atoms with van der Waals surface area (Å²) in [5, 5.41) is -0.0924. The molecule has 0 spiro atoms. The van der Waals surface area contributed by atoms with Gasteiger partial charge in [-0.15, -0.1) is 11.3 Å². The molecule has 4 N–H and O–H groups in total. The predicted octanol–water partition coefficient (Wildman–Crippen LogP) is 5.60. The van der Waals surface area contributed by atoms with Crippen LogP contribution in [-0.2, 0) is 23.0 Å².